The lowest BCUT2D eigenvalue weighted by atomic mass is 10.2. The third kappa shape index (κ3) is 7.81. The SMILES string of the molecule is Cc1cnc2c(c1)N(CCOCCCN1CCCC1)CCN2CCOCCCN1CCCC1. The molecular weight excluding hydrogens is 414 g/mol. The number of anilines is 2. The van der Waals surface area contributed by atoms with Crippen LogP contribution in [0, 0.1) is 6.92 Å². The molecule has 4 heterocycles. The first-order chi connectivity index (χ1) is 16.3. The smallest absolute Gasteiger partial charge is 0.152 e. The molecule has 0 unspecified atom stereocenters. The van der Waals surface area contributed by atoms with Gasteiger partial charge in [0, 0.05) is 58.7 Å². The van der Waals surface area contributed by atoms with Crippen molar-refractivity contribution in [2.45, 2.75) is 45.4 Å². The van der Waals surface area contributed by atoms with Gasteiger partial charge in [-0.05, 0) is 83.3 Å². The highest BCUT2D eigenvalue weighted by Crippen LogP contribution is 2.31. The van der Waals surface area contributed by atoms with E-state index in [0.29, 0.717) is 0 Å². The van der Waals surface area contributed by atoms with Gasteiger partial charge in [0.1, 0.15) is 0 Å². The van der Waals surface area contributed by atoms with Crippen molar-refractivity contribution in [1.82, 2.24) is 14.8 Å². The standard InChI is InChI=1S/C26H45N5O2/c1-24-22-25-26(27-23-24)31(17-21-33-19-7-13-29-10-4-5-11-29)15-14-30(25)16-20-32-18-6-12-28-8-2-3-9-28/h22-23H,2-21H2,1H3. The van der Waals surface area contributed by atoms with E-state index in [2.05, 4.69) is 32.6 Å². The summed E-state index contributed by atoms with van der Waals surface area (Å²) in [6.45, 7) is 16.7. The minimum absolute atomic E-state index is 0.773. The zero-order valence-corrected chi connectivity index (χ0v) is 20.8. The fourth-order valence-electron chi connectivity index (χ4n) is 5.29. The normalized spacial score (nSPS) is 19.5. The second-order valence-electron chi connectivity index (χ2n) is 9.86. The van der Waals surface area contributed by atoms with Gasteiger partial charge in [0.15, 0.2) is 5.82 Å². The summed E-state index contributed by atoms with van der Waals surface area (Å²) >= 11 is 0. The number of ether oxygens (including phenoxy) is 2. The third-order valence-corrected chi connectivity index (χ3v) is 7.20. The number of fused-ring (bicyclic) bond motifs is 1. The van der Waals surface area contributed by atoms with E-state index in [9.17, 15) is 0 Å². The second kappa shape index (κ2) is 13.5. The molecule has 1 aromatic rings. The Bertz CT molecular complexity index is 691. The average Bonchev–Trinajstić information content (AvgIpc) is 3.53. The highest BCUT2D eigenvalue weighted by molar-refractivity contribution is 5.70. The number of rotatable bonds is 14. The zero-order chi connectivity index (χ0) is 22.7. The number of nitrogens with zero attached hydrogens (tertiary/aromatic N) is 5. The summed E-state index contributed by atoms with van der Waals surface area (Å²) in [7, 11) is 0. The fraction of sp³-hybridized carbons (Fsp3) is 0.808. The van der Waals surface area contributed by atoms with Gasteiger partial charge in [-0.2, -0.15) is 0 Å². The molecule has 0 saturated carbocycles. The molecule has 0 spiro atoms. The summed E-state index contributed by atoms with van der Waals surface area (Å²) in [5, 5.41) is 0. The van der Waals surface area contributed by atoms with E-state index >= 15 is 0 Å². The van der Waals surface area contributed by atoms with Crippen LogP contribution in [-0.2, 0) is 9.47 Å². The van der Waals surface area contributed by atoms with Crippen LogP contribution in [0.2, 0.25) is 0 Å². The molecule has 0 N–H and O–H groups in total. The molecule has 1 aromatic heterocycles. The third-order valence-electron chi connectivity index (χ3n) is 7.20. The minimum Gasteiger partial charge on any atom is -0.380 e. The zero-order valence-electron chi connectivity index (χ0n) is 20.8. The van der Waals surface area contributed by atoms with Crippen molar-refractivity contribution in [3.8, 4) is 0 Å². The molecule has 2 fully saturated rings. The summed E-state index contributed by atoms with van der Waals surface area (Å²) in [4.78, 5) is 14.8. The van der Waals surface area contributed by atoms with Gasteiger partial charge in [0.05, 0.1) is 18.9 Å². The van der Waals surface area contributed by atoms with Gasteiger partial charge in [0.2, 0.25) is 0 Å². The maximum Gasteiger partial charge on any atom is 0.152 e. The van der Waals surface area contributed by atoms with E-state index < -0.39 is 0 Å². The minimum atomic E-state index is 0.773. The summed E-state index contributed by atoms with van der Waals surface area (Å²) in [6, 6.07) is 2.28. The lowest BCUT2D eigenvalue weighted by molar-refractivity contribution is 0.127. The molecule has 33 heavy (non-hydrogen) atoms. The molecule has 0 amide bonds. The molecule has 3 aliphatic heterocycles. The van der Waals surface area contributed by atoms with E-state index in [1.807, 2.05) is 6.20 Å². The molecule has 3 aliphatic rings. The summed E-state index contributed by atoms with van der Waals surface area (Å²) < 4.78 is 11.9. The number of aryl methyl sites for hydroxylation is 1. The number of hydrogen-bond donors (Lipinski definition) is 0. The topological polar surface area (TPSA) is 44.3 Å². The van der Waals surface area contributed by atoms with Crippen LogP contribution in [0.5, 0.6) is 0 Å². The quantitative estimate of drug-likeness (QED) is 0.396. The monoisotopic (exact) mass is 459 g/mol. The number of likely N-dealkylation sites (tertiary alicyclic amines) is 2. The first-order valence-corrected chi connectivity index (χ1v) is 13.4. The maximum absolute atomic E-state index is 5.98. The largest absolute Gasteiger partial charge is 0.380 e. The van der Waals surface area contributed by atoms with Crippen LogP contribution in [0.3, 0.4) is 0 Å². The number of hydrogen-bond acceptors (Lipinski definition) is 7. The van der Waals surface area contributed by atoms with Crippen LogP contribution in [0.1, 0.15) is 44.1 Å². The van der Waals surface area contributed by atoms with Crippen molar-refractivity contribution in [2.75, 3.05) is 102 Å². The van der Waals surface area contributed by atoms with Gasteiger partial charge in [0.25, 0.3) is 0 Å². The van der Waals surface area contributed by atoms with Gasteiger partial charge in [-0.25, -0.2) is 4.98 Å². The average molecular weight is 460 g/mol. The highest BCUT2D eigenvalue weighted by atomic mass is 16.5. The molecule has 0 atom stereocenters. The molecule has 186 valence electrons. The Labute approximate surface area is 201 Å². The second-order valence-corrected chi connectivity index (χ2v) is 9.86. The number of aromatic nitrogens is 1. The molecular formula is C26H45N5O2. The lowest BCUT2D eigenvalue weighted by Crippen LogP contribution is -2.44. The molecule has 4 rings (SSSR count). The summed E-state index contributed by atoms with van der Waals surface area (Å²) in [5.41, 5.74) is 2.46. The van der Waals surface area contributed by atoms with Crippen molar-refractivity contribution in [2.24, 2.45) is 0 Å². The van der Waals surface area contributed by atoms with Crippen LogP contribution >= 0.6 is 0 Å². The van der Waals surface area contributed by atoms with Gasteiger partial charge in [-0.1, -0.05) is 0 Å². The molecule has 7 nitrogen and oxygen atoms in total. The fourth-order valence-corrected chi connectivity index (χ4v) is 5.29. The predicted octanol–water partition coefficient (Wildman–Crippen LogP) is 3.02. The molecule has 0 radical (unpaired) electrons. The van der Waals surface area contributed by atoms with Crippen LogP contribution < -0.4 is 9.80 Å². The Balaban J connectivity index is 1.15. The molecule has 2 saturated heterocycles. The van der Waals surface area contributed by atoms with E-state index in [-0.39, 0.29) is 0 Å². The van der Waals surface area contributed by atoms with Crippen LogP contribution in [0.25, 0.3) is 0 Å². The van der Waals surface area contributed by atoms with E-state index in [4.69, 9.17) is 14.5 Å². The molecule has 0 aliphatic carbocycles. The van der Waals surface area contributed by atoms with Gasteiger partial charge in [-0.3, -0.25) is 0 Å². The molecule has 0 aromatic carbocycles. The van der Waals surface area contributed by atoms with E-state index in [0.717, 1.165) is 71.3 Å². The first kappa shape index (κ1) is 24.7. The van der Waals surface area contributed by atoms with Crippen molar-refractivity contribution in [1.29, 1.82) is 0 Å². The summed E-state index contributed by atoms with van der Waals surface area (Å²) in [5.74, 6) is 1.10. The van der Waals surface area contributed by atoms with Gasteiger partial charge in [-0.15, -0.1) is 0 Å². The molecule has 7 heteroatoms. The van der Waals surface area contributed by atoms with Crippen LogP contribution in [-0.4, -0.2) is 107 Å². The highest BCUT2D eigenvalue weighted by Gasteiger charge is 2.23. The Hall–Kier alpha value is -1.41. The lowest BCUT2D eigenvalue weighted by Gasteiger charge is -2.38. The maximum atomic E-state index is 5.98. The molecule has 0 bridgehead atoms. The van der Waals surface area contributed by atoms with Crippen molar-refractivity contribution in [3.05, 3.63) is 17.8 Å². The first-order valence-electron chi connectivity index (χ1n) is 13.4. The Morgan fingerprint density at radius 1 is 0.697 bits per heavy atom. The Kier molecular flexibility index (Phi) is 10.1. The van der Waals surface area contributed by atoms with E-state index in [1.165, 1.54) is 76.2 Å². The Morgan fingerprint density at radius 2 is 1.24 bits per heavy atom. The number of pyridine rings is 1. The predicted molar refractivity (Wildman–Crippen MR) is 136 cm³/mol. The summed E-state index contributed by atoms with van der Waals surface area (Å²) in [6.07, 6.45) is 9.73. The van der Waals surface area contributed by atoms with Gasteiger partial charge >= 0.3 is 0 Å². The van der Waals surface area contributed by atoms with Gasteiger partial charge < -0.3 is 29.1 Å². The Morgan fingerprint density at radius 3 is 1.85 bits per heavy atom. The van der Waals surface area contributed by atoms with E-state index in [1.54, 1.807) is 0 Å². The van der Waals surface area contributed by atoms with Crippen molar-refractivity contribution in [3.63, 3.8) is 0 Å². The van der Waals surface area contributed by atoms with Crippen LogP contribution in [0.4, 0.5) is 11.5 Å². The van der Waals surface area contributed by atoms with Crippen molar-refractivity contribution >= 4 is 11.5 Å². The van der Waals surface area contributed by atoms with Crippen molar-refractivity contribution < 1.29 is 9.47 Å². The van der Waals surface area contributed by atoms with Crippen LogP contribution in [0.15, 0.2) is 12.3 Å².